The van der Waals surface area contributed by atoms with Crippen LogP contribution in [0.1, 0.15) is 45.1 Å². The Morgan fingerprint density at radius 1 is 1.12 bits per heavy atom. The number of carbonyl (C=O) groups is 3. The summed E-state index contributed by atoms with van der Waals surface area (Å²) >= 11 is 0. The van der Waals surface area contributed by atoms with Crippen LogP contribution in [0, 0.1) is 13.8 Å². The molecule has 0 atom stereocenters. The molecule has 136 valence electrons. The van der Waals surface area contributed by atoms with Gasteiger partial charge in [-0.05, 0) is 51.0 Å². The lowest BCUT2D eigenvalue weighted by molar-refractivity contribution is -0.115. The van der Waals surface area contributed by atoms with E-state index in [4.69, 9.17) is 4.42 Å². The highest BCUT2D eigenvalue weighted by molar-refractivity contribution is 6.01. The number of rotatable bonds is 6. The first kappa shape index (κ1) is 17.7. The van der Waals surface area contributed by atoms with Crippen LogP contribution in [0.25, 0.3) is 0 Å². The summed E-state index contributed by atoms with van der Waals surface area (Å²) in [4.78, 5) is 36.2. The molecular formula is C19H21N3O4. The van der Waals surface area contributed by atoms with Crippen LogP contribution in [0.15, 0.2) is 34.7 Å². The summed E-state index contributed by atoms with van der Waals surface area (Å²) in [5.41, 5.74) is 1.40. The van der Waals surface area contributed by atoms with E-state index in [1.54, 1.807) is 44.2 Å². The minimum atomic E-state index is -0.379. The van der Waals surface area contributed by atoms with Crippen molar-refractivity contribution in [2.24, 2.45) is 0 Å². The lowest BCUT2D eigenvalue weighted by Crippen LogP contribution is -2.33. The zero-order valence-electron chi connectivity index (χ0n) is 14.7. The van der Waals surface area contributed by atoms with Gasteiger partial charge in [0.2, 0.25) is 5.91 Å². The molecule has 0 bridgehead atoms. The number of nitrogens with one attached hydrogen (secondary N) is 3. The Bertz CT molecular complexity index is 852. The third kappa shape index (κ3) is 4.50. The van der Waals surface area contributed by atoms with Crippen molar-refractivity contribution in [2.45, 2.75) is 32.7 Å². The van der Waals surface area contributed by atoms with Gasteiger partial charge in [-0.15, -0.1) is 0 Å². The molecule has 3 amide bonds. The Hall–Kier alpha value is -3.09. The first-order valence-corrected chi connectivity index (χ1v) is 8.48. The van der Waals surface area contributed by atoms with Gasteiger partial charge in [0.05, 0.1) is 12.1 Å². The molecule has 1 aromatic carbocycles. The zero-order chi connectivity index (χ0) is 18.7. The second-order valence-corrected chi connectivity index (χ2v) is 6.39. The van der Waals surface area contributed by atoms with E-state index in [9.17, 15) is 14.4 Å². The average molecular weight is 355 g/mol. The molecular weight excluding hydrogens is 334 g/mol. The molecule has 0 saturated heterocycles. The van der Waals surface area contributed by atoms with Gasteiger partial charge in [-0.2, -0.15) is 0 Å². The molecule has 1 saturated carbocycles. The van der Waals surface area contributed by atoms with Crippen molar-refractivity contribution in [3.8, 4) is 0 Å². The number of anilines is 1. The maximum absolute atomic E-state index is 12.1. The number of furan rings is 1. The average Bonchev–Trinajstić information content (AvgIpc) is 3.35. The van der Waals surface area contributed by atoms with Gasteiger partial charge >= 0.3 is 0 Å². The predicted octanol–water partition coefficient (Wildman–Crippen LogP) is 2.16. The van der Waals surface area contributed by atoms with Crippen molar-refractivity contribution in [2.75, 3.05) is 11.9 Å². The summed E-state index contributed by atoms with van der Waals surface area (Å²) in [5, 5.41) is 8.13. The number of carbonyl (C=O) groups excluding carboxylic acids is 3. The lowest BCUT2D eigenvalue weighted by Gasteiger charge is -2.09. The molecule has 1 fully saturated rings. The Labute approximate surface area is 151 Å². The zero-order valence-corrected chi connectivity index (χ0v) is 14.7. The van der Waals surface area contributed by atoms with Crippen LogP contribution in [0.2, 0.25) is 0 Å². The highest BCUT2D eigenvalue weighted by Crippen LogP contribution is 2.20. The topological polar surface area (TPSA) is 100 Å². The first-order chi connectivity index (χ1) is 12.4. The van der Waals surface area contributed by atoms with Crippen molar-refractivity contribution in [3.05, 3.63) is 53.0 Å². The Balaban J connectivity index is 1.53. The smallest absolute Gasteiger partial charge is 0.255 e. The van der Waals surface area contributed by atoms with Crippen molar-refractivity contribution in [3.63, 3.8) is 0 Å². The number of hydrogen-bond donors (Lipinski definition) is 3. The fourth-order valence-corrected chi connectivity index (χ4v) is 2.55. The highest BCUT2D eigenvalue weighted by Gasteiger charge is 2.23. The molecule has 7 heteroatoms. The molecule has 0 spiro atoms. The molecule has 0 radical (unpaired) electrons. The highest BCUT2D eigenvalue weighted by atomic mass is 16.3. The van der Waals surface area contributed by atoms with Crippen LogP contribution in [0.3, 0.4) is 0 Å². The molecule has 0 aliphatic heterocycles. The molecule has 0 unspecified atom stereocenters. The van der Waals surface area contributed by atoms with Crippen LogP contribution in [0.4, 0.5) is 5.69 Å². The molecule has 7 nitrogen and oxygen atoms in total. The molecule has 1 aromatic heterocycles. The van der Waals surface area contributed by atoms with Crippen LogP contribution in [-0.2, 0) is 4.79 Å². The summed E-state index contributed by atoms with van der Waals surface area (Å²) < 4.78 is 5.31. The van der Waals surface area contributed by atoms with Crippen molar-refractivity contribution >= 4 is 23.4 Å². The number of hydrogen-bond acceptors (Lipinski definition) is 4. The first-order valence-electron chi connectivity index (χ1n) is 8.48. The number of benzene rings is 1. The Kier molecular flexibility index (Phi) is 5.06. The van der Waals surface area contributed by atoms with Crippen LogP contribution in [-0.4, -0.2) is 30.3 Å². The normalized spacial score (nSPS) is 13.2. The molecule has 3 N–H and O–H groups in total. The van der Waals surface area contributed by atoms with E-state index in [0.717, 1.165) is 12.8 Å². The SMILES string of the molecule is Cc1cc(C(=O)NCC(=O)Nc2cccc(C(=O)NC3CC3)c2)c(C)o1. The minimum Gasteiger partial charge on any atom is -0.466 e. The van der Waals surface area contributed by atoms with E-state index in [1.165, 1.54) is 0 Å². The summed E-state index contributed by atoms with van der Waals surface area (Å²) in [7, 11) is 0. The van der Waals surface area contributed by atoms with Gasteiger partial charge in [0, 0.05) is 17.3 Å². The van der Waals surface area contributed by atoms with Gasteiger partial charge < -0.3 is 20.4 Å². The van der Waals surface area contributed by atoms with Gasteiger partial charge in [0.25, 0.3) is 11.8 Å². The second-order valence-electron chi connectivity index (χ2n) is 6.39. The van der Waals surface area contributed by atoms with Gasteiger partial charge in [0.15, 0.2) is 0 Å². The van der Waals surface area contributed by atoms with Crippen molar-refractivity contribution in [1.82, 2.24) is 10.6 Å². The largest absolute Gasteiger partial charge is 0.466 e. The maximum Gasteiger partial charge on any atom is 0.255 e. The molecule has 1 heterocycles. The quantitative estimate of drug-likeness (QED) is 0.739. The van der Waals surface area contributed by atoms with Gasteiger partial charge in [-0.25, -0.2) is 0 Å². The van der Waals surface area contributed by atoms with Gasteiger partial charge in [-0.1, -0.05) is 6.07 Å². The number of amides is 3. The summed E-state index contributed by atoms with van der Waals surface area (Å²) in [6.07, 6.45) is 2.02. The van der Waals surface area contributed by atoms with E-state index in [1.807, 2.05) is 0 Å². The van der Waals surface area contributed by atoms with Crippen molar-refractivity contribution < 1.29 is 18.8 Å². The molecule has 1 aliphatic rings. The van der Waals surface area contributed by atoms with E-state index < -0.39 is 0 Å². The van der Waals surface area contributed by atoms with Crippen molar-refractivity contribution in [1.29, 1.82) is 0 Å². The van der Waals surface area contributed by atoms with Crippen LogP contribution >= 0.6 is 0 Å². The monoisotopic (exact) mass is 355 g/mol. The van der Waals surface area contributed by atoms with Crippen LogP contribution in [0.5, 0.6) is 0 Å². The van der Waals surface area contributed by atoms with Gasteiger partial charge in [-0.3, -0.25) is 14.4 Å². The maximum atomic E-state index is 12.1. The van der Waals surface area contributed by atoms with Gasteiger partial charge in [0.1, 0.15) is 11.5 Å². The Morgan fingerprint density at radius 3 is 2.54 bits per heavy atom. The molecule has 2 aromatic rings. The second kappa shape index (κ2) is 7.43. The fourth-order valence-electron chi connectivity index (χ4n) is 2.55. The molecule has 1 aliphatic carbocycles. The third-order valence-electron chi connectivity index (χ3n) is 4.02. The lowest BCUT2D eigenvalue weighted by atomic mass is 10.2. The molecule has 26 heavy (non-hydrogen) atoms. The third-order valence-corrected chi connectivity index (χ3v) is 4.02. The molecule has 3 rings (SSSR count). The standard InChI is InChI=1S/C19H21N3O4/c1-11-8-16(12(2)26-11)19(25)20-10-17(23)21-15-5-3-4-13(9-15)18(24)22-14-6-7-14/h3-5,8-9,14H,6-7,10H2,1-2H3,(H,20,25)(H,21,23)(H,22,24). The number of aryl methyl sites for hydroxylation is 2. The summed E-state index contributed by atoms with van der Waals surface area (Å²) in [6, 6.07) is 8.60. The van der Waals surface area contributed by atoms with E-state index in [-0.39, 0.29) is 30.3 Å². The van der Waals surface area contributed by atoms with E-state index >= 15 is 0 Å². The summed E-state index contributed by atoms with van der Waals surface area (Å²) in [5.74, 6) is 0.249. The predicted molar refractivity (Wildman–Crippen MR) is 96.1 cm³/mol. The Morgan fingerprint density at radius 2 is 1.88 bits per heavy atom. The van der Waals surface area contributed by atoms with E-state index in [0.29, 0.717) is 28.3 Å². The van der Waals surface area contributed by atoms with Crippen LogP contribution < -0.4 is 16.0 Å². The van der Waals surface area contributed by atoms with E-state index in [2.05, 4.69) is 16.0 Å². The fraction of sp³-hybridized carbons (Fsp3) is 0.316. The minimum absolute atomic E-state index is 0.150. The summed E-state index contributed by atoms with van der Waals surface area (Å²) in [6.45, 7) is 3.27.